The van der Waals surface area contributed by atoms with Crippen molar-refractivity contribution in [3.8, 4) is 5.75 Å². The molecule has 1 rings (SSSR count). The Hall–Kier alpha value is -1.51. The first-order valence-corrected chi connectivity index (χ1v) is 7.69. The van der Waals surface area contributed by atoms with E-state index in [2.05, 4.69) is 27.7 Å². The summed E-state index contributed by atoms with van der Waals surface area (Å²) in [7, 11) is 1.66. The smallest absolute Gasteiger partial charge is 0.312 e. The number of rotatable bonds is 7. The summed E-state index contributed by atoms with van der Waals surface area (Å²) in [5, 5.41) is 0. The summed E-state index contributed by atoms with van der Waals surface area (Å²) in [6.07, 6.45) is 0.630. The highest BCUT2D eigenvalue weighted by molar-refractivity contribution is 5.78. The van der Waals surface area contributed by atoms with Gasteiger partial charge in [-0.2, -0.15) is 0 Å². The summed E-state index contributed by atoms with van der Waals surface area (Å²) in [5.41, 5.74) is 0.514. The van der Waals surface area contributed by atoms with Crippen LogP contribution in [0.3, 0.4) is 0 Å². The second-order valence-electron chi connectivity index (χ2n) is 6.06. The van der Waals surface area contributed by atoms with Crippen molar-refractivity contribution in [3.05, 3.63) is 29.8 Å². The monoisotopic (exact) mass is 292 g/mol. The third kappa shape index (κ3) is 3.58. The van der Waals surface area contributed by atoms with E-state index in [1.54, 1.807) is 7.11 Å². The lowest BCUT2D eigenvalue weighted by Gasteiger charge is -2.39. The molecule has 1 aromatic rings. The lowest BCUT2D eigenvalue weighted by molar-refractivity contribution is -0.162. The normalized spacial score (nSPS) is 11.8. The second kappa shape index (κ2) is 7.48. The Morgan fingerprint density at radius 2 is 1.71 bits per heavy atom. The molecule has 118 valence electrons. The molecule has 0 aliphatic heterocycles. The van der Waals surface area contributed by atoms with Crippen LogP contribution in [0.25, 0.3) is 0 Å². The van der Waals surface area contributed by atoms with Crippen molar-refractivity contribution in [3.63, 3.8) is 0 Å². The molecule has 3 heteroatoms. The van der Waals surface area contributed by atoms with Gasteiger partial charge in [0, 0.05) is 0 Å². The Labute approximate surface area is 128 Å². The highest BCUT2D eigenvalue weighted by atomic mass is 16.5. The van der Waals surface area contributed by atoms with Crippen LogP contribution in [0.15, 0.2) is 24.3 Å². The zero-order valence-electron chi connectivity index (χ0n) is 14.1. The van der Waals surface area contributed by atoms with E-state index in [0.29, 0.717) is 13.0 Å². The SMILES string of the molecule is CCOC(=O)C(Cc1ccccc1OC)(C(C)C)C(C)C. The van der Waals surface area contributed by atoms with E-state index >= 15 is 0 Å². The molecule has 0 saturated heterocycles. The first-order valence-electron chi connectivity index (χ1n) is 7.69. The Balaban J connectivity index is 3.27. The van der Waals surface area contributed by atoms with Gasteiger partial charge < -0.3 is 9.47 Å². The molecule has 3 nitrogen and oxygen atoms in total. The van der Waals surface area contributed by atoms with Crippen LogP contribution < -0.4 is 4.74 Å². The van der Waals surface area contributed by atoms with E-state index in [0.717, 1.165) is 11.3 Å². The van der Waals surface area contributed by atoms with Crippen molar-refractivity contribution in [2.45, 2.75) is 41.0 Å². The molecule has 0 unspecified atom stereocenters. The van der Waals surface area contributed by atoms with Gasteiger partial charge >= 0.3 is 5.97 Å². The van der Waals surface area contributed by atoms with Gasteiger partial charge in [0.05, 0.1) is 19.1 Å². The predicted octanol–water partition coefficient (Wildman–Crippen LogP) is 4.10. The fourth-order valence-electron chi connectivity index (χ4n) is 3.05. The summed E-state index contributed by atoms with van der Waals surface area (Å²) < 4.78 is 10.8. The predicted molar refractivity (Wildman–Crippen MR) is 85.4 cm³/mol. The summed E-state index contributed by atoms with van der Waals surface area (Å²) in [5.74, 6) is 1.08. The van der Waals surface area contributed by atoms with Gasteiger partial charge in [-0.1, -0.05) is 45.9 Å². The largest absolute Gasteiger partial charge is 0.496 e. The minimum atomic E-state index is -0.537. The van der Waals surface area contributed by atoms with Crippen LogP contribution in [0, 0.1) is 17.3 Å². The molecule has 0 aliphatic rings. The van der Waals surface area contributed by atoms with E-state index < -0.39 is 5.41 Å². The Bertz CT molecular complexity index is 455. The highest BCUT2D eigenvalue weighted by Crippen LogP contribution is 2.42. The first kappa shape index (κ1) is 17.5. The van der Waals surface area contributed by atoms with Crippen molar-refractivity contribution in [1.82, 2.24) is 0 Å². The molecular weight excluding hydrogens is 264 g/mol. The van der Waals surface area contributed by atoms with Crippen molar-refractivity contribution in [2.75, 3.05) is 13.7 Å². The van der Waals surface area contributed by atoms with Crippen LogP contribution in [0.4, 0.5) is 0 Å². The van der Waals surface area contributed by atoms with Crippen LogP contribution in [-0.2, 0) is 16.0 Å². The molecule has 0 amide bonds. The Morgan fingerprint density at radius 1 is 1.14 bits per heavy atom. The molecule has 21 heavy (non-hydrogen) atoms. The minimum absolute atomic E-state index is 0.110. The van der Waals surface area contributed by atoms with Crippen LogP contribution >= 0.6 is 0 Å². The number of para-hydroxylation sites is 1. The van der Waals surface area contributed by atoms with Gasteiger partial charge in [-0.05, 0) is 36.8 Å². The zero-order chi connectivity index (χ0) is 16.0. The molecular formula is C18H28O3. The maximum absolute atomic E-state index is 12.7. The number of carbonyl (C=O) groups excluding carboxylic acids is 1. The molecule has 0 radical (unpaired) electrons. The average molecular weight is 292 g/mol. The Kier molecular flexibility index (Phi) is 6.25. The topological polar surface area (TPSA) is 35.5 Å². The molecule has 0 aliphatic carbocycles. The van der Waals surface area contributed by atoms with Crippen molar-refractivity contribution >= 4 is 5.97 Å². The summed E-state index contributed by atoms with van der Waals surface area (Å²) in [6.45, 7) is 10.6. The third-order valence-electron chi connectivity index (χ3n) is 4.39. The van der Waals surface area contributed by atoms with Gasteiger partial charge in [0.1, 0.15) is 5.75 Å². The number of benzene rings is 1. The quantitative estimate of drug-likeness (QED) is 0.710. The van der Waals surface area contributed by atoms with E-state index in [1.165, 1.54) is 0 Å². The van der Waals surface area contributed by atoms with Gasteiger partial charge in [-0.25, -0.2) is 0 Å². The average Bonchev–Trinajstić information content (AvgIpc) is 2.44. The molecule has 1 aromatic carbocycles. The molecule has 0 N–H and O–H groups in total. The summed E-state index contributed by atoms with van der Waals surface area (Å²) >= 11 is 0. The lowest BCUT2D eigenvalue weighted by Crippen LogP contribution is -2.44. The highest BCUT2D eigenvalue weighted by Gasteiger charge is 2.46. The molecule has 0 bridgehead atoms. The summed E-state index contributed by atoms with van der Waals surface area (Å²) in [4.78, 5) is 12.7. The van der Waals surface area contributed by atoms with E-state index in [1.807, 2.05) is 31.2 Å². The van der Waals surface area contributed by atoms with Crippen molar-refractivity contribution in [1.29, 1.82) is 0 Å². The number of ether oxygens (including phenoxy) is 2. The molecule has 0 spiro atoms. The number of hydrogen-bond donors (Lipinski definition) is 0. The van der Waals surface area contributed by atoms with E-state index in [9.17, 15) is 4.79 Å². The van der Waals surface area contributed by atoms with E-state index in [-0.39, 0.29) is 17.8 Å². The first-order chi connectivity index (χ1) is 9.90. The van der Waals surface area contributed by atoms with Crippen molar-refractivity contribution in [2.24, 2.45) is 17.3 Å². The van der Waals surface area contributed by atoms with Crippen molar-refractivity contribution < 1.29 is 14.3 Å². The number of methoxy groups -OCH3 is 1. The third-order valence-corrected chi connectivity index (χ3v) is 4.39. The van der Waals surface area contributed by atoms with Crippen LogP contribution in [0.1, 0.15) is 40.2 Å². The maximum Gasteiger partial charge on any atom is 0.312 e. The van der Waals surface area contributed by atoms with Crippen LogP contribution in [-0.4, -0.2) is 19.7 Å². The van der Waals surface area contributed by atoms with E-state index in [4.69, 9.17) is 9.47 Å². The van der Waals surface area contributed by atoms with Gasteiger partial charge in [0.25, 0.3) is 0 Å². The number of hydrogen-bond acceptors (Lipinski definition) is 3. The Morgan fingerprint density at radius 3 is 2.19 bits per heavy atom. The molecule has 0 fully saturated rings. The van der Waals surface area contributed by atoms with Gasteiger partial charge in [-0.3, -0.25) is 4.79 Å². The van der Waals surface area contributed by atoms with Crippen LogP contribution in [0.2, 0.25) is 0 Å². The van der Waals surface area contributed by atoms with Crippen LogP contribution in [0.5, 0.6) is 5.75 Å². The fourth-order valence-corrected chi connectivity index (χ4v) is 3.05. The molecule has 0 aromatic heterocycles. The lowest BCUT2D eigenvalue weighted by atomic mass is 9.65. The maximum atomic E-state index is 12.7. The van der Waals surface area contributed by atoms with Gasteiger partial charge in [0.15, 0.2) is 0 Å². The number of esters is 1. The zero-order valence-corrected chi connectivity index (χ0v) is 14.1. The molecule has 0 saturated carbocycles. The fraction of sp³-hybridized carbons (Fsp3) is 0.611. The van der Waals surface area contributed by atoms with Gasteiger partial charge in [0.2, 0.25) is 0 Å². The molecule has 0 atom stereocenters. The molecule has 0 heterocycles. The second-order valence-corrected chi connectivity index (χ2v) is 6.06. The summed E-state index contributed by atoms with van der Waals surface area (Å²) in [6, 6.07) is 7.89. The minimum Gasteiger partial charge on any atom is -0.496 e. The number of carbonyl (C=O) groups is 1. The standard InChI is InChI=1S/C18H28O3/c1-7-21-17(19)18(13(2)3,14(4)5)12-15-10-8-9-11-16(15)20-6/h8-11,13-14H,7,12H2,1-6H3. The van der Waals surface area contributed by atoms with Gasteiger partial charge in [-0.15, -0.1) is 0 Å².